The van der Waals surface area contributed by atoms with Gasteiger partial charge in [-0.3, -0.25) is 0 Å². The number of hydrogen-bond donors (Lipinski definition) is 0. The van der Waals surface area contributed by atoms with Gasteiger partial charge in [0.2, 0.25) is 0 Å². The van der Waals surface area contributed by atoms with E-state index in [-0.39, 0.29) is 0 Å². The fraction of sp³-hybridized carbons (Fsp3) is 0.620. The van der Waals surface area contributed by atoms with Crippen molar-refractivity contribution in [2.45, 2.75) is 186 Å². The summed E-state index contributed by atoms with van der Waals surface area (Å²) in [5.41, 5.74) is 1.02. The number of rotatable bonds is 29. The minimum atomic E-state index is -0.703. The number of esters is 1. The largest absolute Gasteiger partial charge is 0.494 e. The fourth-order valence-corrected chi connectivity index (χ4v) is 8.14. The van der Waals surface area contributed by atoms with E-state index in [4.69, 9.17) is 14.2 Å². The Labute approximate surface area is 340 Å². The zero-order chi connectivity index (χ0) is 39.9. The molecule has 0 unspecified atom stereocenters. The van der Waals surface area contributed by atoms with Gasteiger partial charge in [0.15, 0.2) is 0 Å². The lowest BCUT2D eigenvalue weighted by molar-refractivity contribution is -0.260. The Morgan fingerprint density at radius 2 is 0.804 bits per heavy atom. The van der Waals surface area contributed by atoms with Crippen LogP contribution in [-0.4, -0.2) is 24.2 Å². The molecule has 0 amide bonds. The van der Waals surface area contributed by atoms with Gasteiger partial charge in [-0.15, -0.1) is 10.3 Å². The summed E-state index contributed by atoms with van der Waals surface area (Å²) in [7, 11) is 0. The van der Waals surface area contributed by atoms with E-state index in [1.165, 1.54) is 127 Å². The highest BCUT2D eigenvalue weighted by molar-refractivity contribution is 5.91. The van der Waals surface area contributed by atoms with Gasteiger partial charge in [0.25, 0.3) is 0 Å². The molecule has 6 nitrogen and oxygen atoms in total. The first-order valence-corrected chi connectivity index (χ1v) is 22.6. The number of nitrogens with zero attached hydrogens (tertiary/aromatic N) is 1. The van der Waals surface area contributed by atoms with Crippen LogP contribution in [0.25, 0.3) is 0 Å². The Bertz CT molecular complexity index is 1490. The molecule has 2 atom stereocenters. The summed E-state index contributed by atoms with van der Waals surface area (Å²) >= 11 is 0. The lowest BCUT2D eigenvalue weighted by Gasteiger charge is -2.37. The van der Waals surface area contributed by atoms with Crippen LogP contribution in [0, 0.1) is 0 Å². The highest BCUT2D eigenvalue weighted by Crippen LogP contribution is 2.51. The number of benzene rings is 3. The first-order valence-electron chi connectivity index (χ1n) is 22.6. The molecule has 3 aromatic rings. The molecule has 1 heterocycles. The summed E-state index contributed by atoms with van der Waals surface area (Å²) in [5.74, 6) is 1.65. The van der Waals surface area contributed by atoms with Gasteiger partial charge in [-0.1, -0.05) is 160 Å². The average Bonchev–Trinajstić information content (AvgIpc) is 3.46. The van der Waals surface area contributed by atoms with Crippen molar-refractivity contribution < 1.29 is 24.2 Å². The fourth-order valence-electron chi connectivity index (χ4n) is 8.14. The first kappa shape index (κ1) is 45.4. The van der Waals surface area contributed by atoms with Crippen LogP contribution < -0.4 is 14.2 Å². The van der Waals surface area contributed by atoms with Crippen molar-refractivity contribution >= 4 is 5.97 Å². The van der Waals surface area contributed by atoms with Gasteiger partial charge >= 0.3 is 5.97 Å². The molecular formula is C50H74NO5. The summed E-state index contributed by atoms with van der Waals surface area (Å²) in [4.78, 5) is 12.9. The Kier molecular flexibility index (Phi) is 20.3. The molecular weight excluding hydrogens is 695 g/mol. The van der Waals surface area contributed by atoms with Crippen LogP contribution in [0.5, 0.6) is 17.2 Å². The van der Waals surface area contributed by atoms with Crippen molar-refractivity contribution in [2.24, 2.45) is 0 Å². The molecule has 309 valence electrons. The van der Waals surface area contributed by atoms with Crippen molar-refractivity contribution in [3.8, 4) is 17.2 Å². The molecule has 1 fully saturated rings. The molecule has 1 radical (unpaired) electrons. The summed E-state index contributed by atoms with van der Waals surface area (Å²) in [5, 5.41) is 15.3. The minimum absolute atomic E-state index is 0.421. The van der Waals surface area contributed by atoms with E-state index in [1.807, 2.05) is 62.4 Å². The van der Waals surface area contributed by atoms with Crippen LogP contribution in [-0.2, 0) is 16.3 Å². The second kappa shape index (κ2) is 25.1. The van der Waals surface area contributed by atoms with E-state index in [9.17, 15) is 10.0 Å². The molecule has 6 heteroatoms. The van der Waals surface area contributed by atoms with E-state index in [0.717, 1.165) is 54.9 Å². The van der Waals surface area contributed by atoms with Crippen molar-refractivity contribution in [1.29, 1.82) is 0 Å². The number of carbonyl (C=O) groups is 1. The van der Waals surface area contributed by atoms with Crippen LogP contribution in [0.15, 0.2) is 72.8 Å². The molecule has 0 aliphatic carbocycles. The molecule has 0 saturated carbocycles. The third-order valence-corrected chi connectivity index (χ3v) is 12.0. The first-order chi connectivity index (χ1) is 27.3. The summed E-state index contributed by atoms with van der Waals surface area (Å²) in [6.07, 6.45) is 28.9. The van der Waals surface area contributed by atoms with Gasteiger partial charge in [-0.05, 0) is 99.2 Å². The number of hydrogen-bond acceptors (Lipinski definition) is 5. The third kappa shape index (κ3) is 14.5. The lowest BCUT2D eigenvalue weighted by Crippen LogP contribution is -2.44. The number of ether oxygens (including phenoxy) is 3. The maximum atomic E-state index is 14.1. The van der Waals surface area contributed by atoms with Gasteiger partial charge in [0.05, 0.1) is 29.9 Å². The summed E-state index contributed by atoms with van der Waals surface area (Å²) in [6.45, 7) is 10.00. The van der Waals surface area contributed by atoms with Crippen LogP contribution in [0.2, 0.25) is 0 Å². The Morgan fingerprint density at radius 1 is 0.482 bits per heavy atom. The van der Waals surface area contributed by atoms with Crippen LogP contribution in [0.4, 0.5) is 0 Å². The van der Waals surface area contributed by atoms with Crippen molar-refractivity contribution in [2.75, 3.05) is 13.2 Å². The summed E-state index contributed by atoms with van der Waals surface area (Å²) in [6, 6.07) is 22.7. The molecule has 1 aliphatic heterocycles. The molecule has 0 spiro atoms. The van der Waals surface area contributed by atoms with Gasteiger partial charge < -0.3 is 14.2 Å². The topological polar surface area (TPSA) is 67.9 Å². The van der Waals surface area contributed by atoms with E-state index in [1.54, 1.807) is 24.3 Å². The Balaban J connectivity index is 1.15. The predicted molar refractivity (Wildman–Crippen MR) is 230 cm³/mol. The normalized spacial score (nSPS) is 18.3. The van der Waals surface area contributed by atoms with Crippen molar-refractivity contribution in [3.05, 3.63) is 89.5 Å². The second-order valence-corrected chi connectivity index (χ2v) is 16.7. The monoisotopic (exact) mass is 769 g/mol. The predicted octanol–water partition coefficient (Wildman–Crippen LogP) is 14.5. The highest BCUT2D eigenvalue weighted by atomic mass is 16.5. The van der Waals surface area contributed by atoms with Crippen molar-refractivity contribution in [1.82, 2.24) is 5.06 Å². The molecule has 1 saturated heterocycles. The van der Waals surface area contributed by atoms with Crippen LogP contribution in [0.3, 0.4) is 0 Å². The van der Waals surface area contributed by atoms with E-state index < -0.39 is 17.0 Å². The number of unbranched alkanes of at least 4 members (excludes halogenated alkanes) is 19. The maximum absolute atomic E-state index is 14.1. The zero-order valence-corrected chi connectivity index (χ0v) is 35.6. The molecule has 56 heavy (non-hydrogen) atoms. The van der Waals surface area contributed by atoms with E-state index in [0.29, 0.717) is 17.9 Å². The van der Waals surface area contributed by atoms with Gasteiger partial charge in [-0.2, -0.15) is 0 Å². The smallest absolute Gasteiger partial charge is 0.343 e. The summed E-state index contributed by atoms with van der Waals surface area (Å²) < 4.78 is 17.7. The van der Waals surface area contributed by atoms with Gasteiger partial charge in [0.1, 0.15) is 17.2 Å². The molecule has 0 aromatic heterocycles. The molecule has 0 bridgehead atoms. The molecule has 4 rings (SSSR count). The maximum Gasteiger partial charge on any atom is 0.343 e. The van der Waals surface area contributed by atoms with Crippen LogP contribution in [0.1, 0.15) is 197 Å². The number of hydroxylamine groups is 2. The minimum Gasteiger partial charge on any atom is -0.494 e. The lowest BCUT2D eigenvalue weighted by atomic mass is 9.89. The molecule has 1 aliphatic rings. The standard InChI is InChI=1S/C50H74NO5/c1-5-7-9-11-13-15-17-19-21-22-24-40-54-45-32-26-42(27-33-45)48(52)56-47-36-30-44(31-37-47)50(4)39-38-49(3,51(50)53)43-28-34-46(35-29-43)55-41-25-23-20-18-16-14-12-10-8-6-2/h26-37H,5-25,38-41H2,1-4H3/t49-,50-/m0/s1. The zero-order valence-electron chi connectivity index (χ0n) is 35.6. The third-order valence-electron chi connectivity index (χ3n) is 12.0. The number of carbonyl (C=O) groups excluding carboxylic acids is 1. The van der Waals surface area contributed by atoms with Gasteiger partial charge in [0, 0.05) is 0 Å². The molecule has 0 N–H and O–H groups in total. The van der Waals surface area contributed by atoms with Crippen molar-refractivity contribution in [3.63, 3.8) is 0 Å². The SMILES string of the molecule is CCCCCCCCCCCCCOc1ccc(C(=O)Oc2ccc([C@]3(C)CC[C@@](C)(c4ccc(OCCCCCCCCCCCC)cc4)N3[O])cc2)cc1. The highest BCUT2D eigenvalue weighted by Gasteiger charge is 2.52. The van der Waals surface area contributed by atoms with E-state index in [2.05, 4.69) is 13.8 Å². The Hall–Kier alpha value is -3.35. The molecule has 3 aromatic carbocycles. The average molecular weight is 769 g/mol. The quantitative estimate of drug-likeness (QED) is 0.0400. The van der Waals surface area contributed by atoms with Gasteiger partial charge in [-0.25, -0.2) is 4.79 Å². The Morgan fingerprint density at radius 3 is 1.18 bits per heavy atom. The second-order valence-electron chi connectivity index (χ2n) is 16.7. The van der Waals surface area contributed by atoms with Crippen LogP contribution >= 0.6 is 0 Å². The van der Waals surface area contributed by atoms with E-state index >= 15 is 0 Å².